The Balaban J connectivity index is 1.40. The molecule has 5 rings (SSSR count). The van der Waals surface area contributed by atoms with Crippen LogP contribution < -0.4 is 5.32 Å². The van der Waals surface area contributed by atoms with E-state index in [2.05, 4.69) is 10.3 Å². The maximum Gasteiger partial charge on any atom is 0.254 e. The zero-order chi connectivity index (χ0) is 24.4. The lowest BCUT2D eigenvalue weighted by molar-refractivity contribution is -0.117. The van der Waals surface area contributed by atoms with Gasteiger partial charge in [0.1, 0.15) is 18.2 Å². The number of carbonyl (C=O) groups excluding carboxylic acids is 2. The molecule has 1 aliphatic carbocycles. The van der Waals surface area contributed by atoms with Crippen molar-refractivity contribution in [2.75, 3.05) is 11.9 Å². The largest absolute Gasteiger partial charge is 0.326 e. The molecule has 0 unspecified atom stereocenters. The molecule has 0 bridgehead atoms. The lowest BCUT2D eigenvalue weighted by Crippen LogP contribution is -2.39. The van der Waals surface area contributed by atoms with E-state index >= 15 is 0 Å². The number of rotatable bonds is 7. The highest BCUT2D eigenvalue weighted by atomic mass is 19.1. The molecule has 176 valence electrons. The predicted molar refractivity (Wildman–Crippen MR) is 128 cm³/mol. The number of halogens is 2. The number of nitrogens with zero attached hydrogens (tertiary/aromatic N) is 3. The first-order chi connectivity index (χ1) is 17.0. The Labute approximate surface area is 200 Å². The summed E-state index contributed by atoms with van der Waals surface area (Å²) in [6, 6.07) is 20.6. The van der Waals surface area contributed by atoms with Crippen molar-refractivity contribution in [3.05, 3.63) is 102 Å². The molecule has 0 atom stereocenters. The second-order valence-electron chi connectivity index (χ2n) is 8.38. The normalized spacial score (nSPS) is 12.9. The van der Waals surface area contributed by atoms with Gasteiger partial charge < -0.3 is 4.90 Å². The van der Waals surface area contributed by atoms with Crippen LogP contribution in [0, 0.1) is 11.6 Å². The van der Waals surface area contributed by atoms with Crippen molar-refractivity contribution in [2.24, 2.45) is 0 Å². The van der Waals surface area contributed by atoms with Crippen LogP contribution >= 0.6 is 0 Å². The second kappa shape index (κ2) is 9.50. The fraction of sp³-hybridized carbons (Fsp3) is 0.148. The first-order valence-corrected chi connectivity index (χ1v) is 11.2. The van der Waals surface area contributed by atoms with Crippen molar-refractivity contribution in [1.82, 2.24) is 14.5 Å². The number of aromatic nitrogens is 2. The molecule has 8 heteroatoms. The molecule has 0 aliphatic heterocycles. The molecule has 0 spiro atoms. The first kappa shape index (κ1) is 22.5. The summed E-state index contributed by atoms with van der Waals surface area (Å²) in [7, 11) is 0. The standard InChI is InChI=1S/C27H22F2N4O2/c28-20-8-6-19(7-9-20)26(35)32(22-14-15-22)17-25(34)31-27-30-24(18-4-2-1-3-5-18)16-33(27)23-12-10-21(29)11-13-23/h1-13,16,22H,14-15,17H2,(H,30,31,34). The van der Waals surface area contributed by atoms with Gasteiger partial charge in [0.15, 0.2) is 0 Å². The number of hydrogen-bond acceptors (Lipinski definition) is 3. The van der Waals surface area contributed by atoms with Gasteiger partial charge in [-0.1, -0.05) is 30.3 Å². The lowest BCUT2D eigenvalue weighted by Gasteiger charge is -2.22. The third-order valence-electron chi connectivity index (χ3n) is 5.79. The van der Waals surface area contributed by atoms with Crippen LogP contribution in [-0.2, 0) is 4.79 Å². The molecule has 3 aromatic carbocycles. The topological polar surface area (TPSA) is 67.2 Å². The fourth-order valence-electron chi connectivity index (χ4n) is 3.85. The molecular formula is C27H22F2N4O2. The summed E-state index contributed by atoms with van der Waals surface area (Å²) in [5, 5.41) is 2.81. The molecule has 1 saturated carbocycles. The summed E-state index contributed by atoms with van der Waals surface area (Å²) < 4.78 is 28.4. The van der Waals surface area contributed by atoms with E-state index in [1.54, 1.807) is 22.9 Å². The van der Waals surface area contributed by atoms with E-state index in [1.807, 2.05) is 30.3 Å². The summed E-state index contributed by atoms with van der Waals surface area (Å²) in [5.74, 6) is -1.29. The van der Waals surface area contributed by atoms with Crippen LogP contribution in [0.25, 0.3) is 16.9 Å². The van der Waals surface area contributed by atoms with E-state index in [-0.39, 0.29) is 30.3 Å². The molecule has 0 radical (unpaired) electrons. The van der Waals surface area contributed by atoms with E-state index in [1.165, 1.54) is 41.3 Å². The van der Waals surface area contributed by atoms with Gasteiger partial charge in [-0.3, -0.25) is 19.5 Å². The van der Waals surface area contributed by atoms with Crippen LogP contribution in [0.4, 0.5) is 14.7 Å². The summed E-state index contributed by atoms with van der Waals surface area (Å²) >= 11 is 0. The van der Waals surface area contributed by atoms with E-state index in [0.717, 1.165) is 18.4 Å². The average Bonchev–Trinajstić information content (AvgIpc) is 3.63. The average molecular weight is 472 g/mol. The van der Waals surface area contributed by atoms with Gasteiger partial charge in [-0.15, -0.1) is 0 Å². The minimum atomic E-state index is -0.431. The van der Waals surface area contributed by atoms with Gasteiger partial charge in [-0.05, 0) is 61.4 Å². The number of hydrogen-bond donors (Lipinski definition) is 1. The molecule has 1 fully saturated rings. The minimum Gasteiger partial charge on any atom is -0.326 e. The second-order valence-corrected chi connectivity index (χ2v) is 8.38. The molecular weight excluding hydrogens is 450 g/mol. The van der Waals surface area contributed by atoms with Crippen molar-refractivity contribution in [3.63, 3.8) is 0 Å². The van der Waals surface area contributed by atoms with E-state index < -0.39 is 11.7 Å². The third-order valence-corrected chi connectivity index (χ3v) is 5.79. The van der Waals surface area contributed by atoms with E-state index in [9.17, 15) is 18.4 Å². The molecule has 1 heterocycles. The van der Waals surface area contributed by atoms with Crippen LogP contribution in [0.2, 0.25) is 0 Å². The Kier molecular flexibility index (Phi) is 6.10. The van der Waals surface area contributed by atoms with E-state index in [4.69, 9.17) is 0 Å². The number of carbonyl (C=O) groups is 2. The molecule has 4 aromatic rings. The Morgan fingerprint density at radius 1 is 0.914 bits per heavy atom. The third kappa shape index (κ3) is 5.11. The molecule has 1 aliphatic rings. The molecule has 2 amide bonds. The number of anilines is 1. The smallest absolute Gasteiger partial charge is 0.254 e. The van der Waals surface area contributed by atoms with Crippen molar-refractivity contribution < 1.29 is 18.4 Å². The molecule has 1 aromatic heterocycles. The highest BCUT2D eigenvalue weighted by Gasteiger charge is 2.34. The molecule has 6 nitrogen and oxygen atoms in total. The monoisotopic (exact) mass is 472 g/mol. The van der Waals surface area contributed by atoms with Gasteiger partial charge in [-0.2, -0.15) is 0 Å². The van der Waals surface area contributed by atoms with Crippen molar-refractivity contribution in [2.45, 2.75) is 18.9 Å². The number of amides is 2. The summed E-state index contributed by atoms with van der Waals surface area (Å²) in [6.07, 6.45) is 3.38. The lowest BCUT2D eigenvalue weighted by atomic mass is 10.2. The van der Waals surface area contributed by atoms with Crippen LogP contribution in [0.15, 0.2) is 85.1 Å². The molecule has 1 N–H and O–H groups in total. The van der Waals surface area contributed by atoms with Gasteiger partial charge in [0.05, 0.1) is 5.69 Å². The van der Waals surface area contributed by atoms with Crippen LogP contribution in [0.3, 0.4) is 0 Å². The zero-order valence-corrected chi connectivity index (χ0v) is 18.7. The zero-order valence-electron chi connectivity index (χ0n) is 18.7. The fourth-order valence-corrected chi connectivity index (χ4v) is 3.85. The van der Waals surface area contributed by atoms with Gasteiger partial charge in [0, 0.05) is 29.1 Å². The van der Waals surface area contributed by atoms with Gasteiger partial charge >= 0.3 is 0 Å². The molecule has 35 heavy (non-hydrogen) atoms. The minimum absolute atomic E-state index is 0.0324. The SMILES string of the molecule is O=C(CN(C(=O)c1ccc(F)cc1)C1CC1)Nc1nc(-c2ccccc2)cn1-c1ccc(F)cc1. The van der Waals surface area contributed by atoms with Crippen molar-refractivity contribution in [1.29, 1.82) is 0 Å². The number of imidazole rings is 1. The van der Waals surface area contributed by atoms with Crippen molar-refractivity contribution >= 4 is 17.8 Å². The van der Waals surface area contributed by atoms with E-state index in [0.29, 0.717) is 16.9 Å². The summed E-state index contributed by atoms with van der Waals surface area (Å²) in [6.45, 7) is -0.169. The predicted octanol–water partition coefficient (Wildman–Crippen LogP) is 5.06. The maximum atomic E-state index is 13.5. The van der Waals surface area contributed by atoms with Gasteiger partial charge in [-0.25, -0.2) is 13.8 Å². The molecule has 0 saturated heterocycles. The Bertz CT molecular complexity index is 1350. The quantitative estimate of drug-likeness (QED) is 0.409. The first-order valence-electron chi connectivity index (χ1n) is 11.2. The maximum absolute atomic E-state index is 13.5. The summed E-state index contributed by atoms with van der Waals surface area (Å²) in [5.41, 5.74) is 2.43. The Morgan fingerprint density at radius 3 is 2.17 bits per heavy atom. The highest BCUT2D eigenvalue weighted by Crippen LogP contribution is 2.29. The number of benzene rings is 3. The van der Waals surface area contributed by atoms with Crippen molar-refractivity contribution in [3.8, 4) is 16.9 Å². The summed E-state index contributed by atoms with van der Waals surface area (Å²) in [4.78, 5) is 32.1. The van der Waals surface area contributed by atoms with Gasteiger partial charge in [0.25, 0.3) is 5.91 Å². The Hall–Kier alpha value is -4.33. The van der Waals surface area contributed by atoms with Gasteiger partial charge in [0.2, 0.25) is 11.9 Å². The van der Waals surface area contributed by atoms with Crippen LogP contribution in [0.1, 0.15) is 23.2 Å². The van der Waals surface area contributed by atoms with Crippen LogP contribution in [0.5, 0.6) is 0 Å². The highest BCUT2D eigenvalue weighted by molar-refractivity contribution is 5.99. The number of nitrogens with one attached hydrogen (secondary N) is 1. The Morgan fingerprint density at radius 2 is 1.54 bits per heavy atom. The van der Waals surface area contributed by atoms with Crippen LogP contribution in [-0.4, -0.2) is 38.9 Å².